The Morgan fingerprint density at radius 1 is 1.21 bits per heavy atom. The topological polar surface area (TPSA) is 65.7 Å². The van der Waals surface area contributed by atoms with E-state index in [0.717, 1.165) is 13.1 Å². The van der Waals surface area contributed by atoms with Gasteiger partial charge in [0.2, 0.25) is 0 Å². The van der Waals surface area contributed by atoms with Gasteiger partial charge < -0.3 is 24.3 Å². The summed E-state index contributed by atoms with van der Waals surface area (Å²) >= 11 is 0. The zero-order chi connectivity index (χ0) is 11.0. The van der Waals surface area contributed by atoms with Gasteiger partial charge in [-0.1, -0.05) is 6.92 Å². The van der Waals surface area contributed by atoms with Crippen LogP contribution in [0.5, 0.6) is 0 Å². The van der Waals surface area contributed by atoms with E-state index >= 15 is 0 Å². The second kappa shape index (κ2) is 7.33. The molecule has 3 N–H and O–H groups in total. The van der Waals surface area contributed by atoms with Crippen molar-refractivity contribution < 1.29 is 13.3 Å². The lowest BCUT2D eigenvalue weighted by Gasteiger charge is -2.30. The molecule has 0 aliphatic carbocycles. The van der Waals surface area contributed by atoms with E-state index in [1.54, 1.807) is 21.3 Å². The predicted molar refractivity (Wildman–Crippen MR) is 58.1 cm³/mol. The summed E-state index contributed by atoms with van der Waals surface area (Å²) in [6.07, 6.45) is 0. The summed E-state index contributed by atoms with van der Waals surface area (Å²) in [5.74, 6) is 0. The van der Waals surface area contributed by atoms with Gasteiger partial charge >= 0.3 is 8.80 Å². The molecule has 0 aliphatic rings. The monoisotopic (exact) mass is 222 g/mol. The lowest BCUT2D eigenvalue weighted by atomic mass is 10.4. The summed E-state index contributed by atoms with van der Waals surface area (Å²) in [7, 11) is 2.40. The van der Waals surface area contributed by atoms with Crippen LogP contribution in [0, 0.1) is 0 Å². The Bertz CT molecular complexity index is 136. The molecule has 0 aromatic carbocycles. The Morgan fingerprint density at radius 3 is 2.07 bits per heavy atom. The Kier molecular flexibility index (Phi) is 7.34. The highest BCUT2D eigenvalue weighted by atomic mass is 28.4. The summed E-state index contributed by atoms with van der Waals surface area (Å²) in [5.41, 5.74) is 5.59. The minimum Gasteiger partial charge on any atom is -0.377 e. The molecule has 6 heteroatoms. The van der Waals surface area contributed by atoms with Gasteiger partial charge in [0.1, 0.15) is 0 Å². The van der Waals surface area contributed by atoms with Crippen LogP contribution in [0.1, 0.15) is 6.92 Å². The molecule has 0 spiro atoms. The predicted octanol–water partition coefficient (Wildman–Crippen LogP) is -0.197. The Balaban J connectivity index is 4.07. The van der Waals surface area contributed by atoms with Crippen molar-refractivity contribution in [1.29, 1.82) is 0 Å². The fourth-order valence-electron chi connectivity index (χ4n) is 1.40. The first kappa shape index (κ1) is 14.0. The molecular formula is C8H22N2O3Si. The van der Waals surface area contributed by atoms with Crippen molar-refractivity contribution in [2.45, 2.75) is 12.5 Å². The van der Waals surface area contributed by atoms with E-state index in [9.17, 15) is 0 Å². The third kappa shape index (κ3) is 3.64. The molecule has 0 radical (unpaired) electrons. The maximum Gasteiger partial charge on any atom is 0.504 e. The number of hydrogen-bond acceptors (Lipinski definition) is 5. The molecule has 0 fully saturated rings. The second-order valence-corrected chi connectivity index (χ2v) is 6.53. The van der Waals surface area contributed by atoms with Crippen LogP contribution in [0.4, 0.5) is 0 Å². The van der Waals surface area contributed by atoms with Gasteiger partial charge in [0, 0.05) is 46.5 Å². The van der Waals surface area contributed by atoms with Crippen LogP contribution in [0.3, 0.4) is 0 Å². The van der Waals surface area contributed by atoms with Gasteiger partial charge in [-0.25, -0.2) is 0 Å². The van der Waals surface area contributed by atoms with Gasteiger partial charge in [0.25, 0.3) is 0 Å². The van der Waals surface area contributed by atoms with Crippen molar-refractivity contribution in [3.63, 3.8) is 0 Å². The van der Waals surface area contributed by atoms with Crippen molar-refractivity contribution in [3.05, 3.63) is 0 Å². The number of nitrogens with one attached hydrogen (secondary N) is 1. The molecule has 5 nitrogen and oxygen atoms in total. The molecule has 0 amide bonds. The quantitative estimate of drug-likeness (QED) is 0.440. The summed E-state index contributed by atoms with van der Waals surface area (Å²) in [6, 6.07) is 0. The van der Waals surface area contributed by atoms with Crippen molar-refractivity contribution in [1.82, 2.24) is 5.32 Å². The van der Waals surface area contributed by atoms with E-state index in [4.69, 9.17) is 19.0 Å². The summed E-state index contributed by atoms with van der Waals surface area (Å²) in [5, 5.41) is 3.21. The molecule has 1 unspecified atom stereocenters. The normalized spacial score (nSPS) is 14.4. The molecule has 0 saturated heterocycles. The average molecular weight is 222 g/mol. The number of nitrogens with two attached hydrogens (primary N) is 1. The molecule has 0 saturated carbocycles. The molecule has 0 aromatic rings. The molecule has 0 aliphatic heterocycles. The highest BCUT2D eigenvalue weighted by Crippen LogP contribution is 2.22. The van der Waals surface area contributed by atoms with Crippen LogP contribution in [0.15, 0.2) is 0 Å². The van der Waals surface area contributed by atoms with Gasteiger partial charge in [0.05, 0.1) is 0 Å². The Hall–Kier alpha value is 0.0169. The van der Waals surface area contributed by atoms with Crippen LogP contribution >= 0.6 is 0 Å². The van der Waals surface area contributed by atoms with E-state index < -0.39 is 8.80 Å². The highest BCUT2D eigenvalue weighted by molar-refractivity contribution is 6.62. The Morgan fingerprint density at radius 2 is 1.71 bits per heavy atom. The second-order valence-electron chi connectivity index (χ2n) is 3.11. The minimum atomic E-state index is -2.47. The lowest BCUT2D eigenvalue weighted by molar-refractivity contribution is 0.113. The molecular weight excluding hydrogens is 200 g/mol. The minimum absolute atomic E-state index is 0.217. The van der Waals surface area contributed by atoms with Gasteiger partial charge in [-0.15, -0.1) is 0 Å². The summed E-state index contributed by atoms with van der Waals surface area (Å²) < 4.78 is 16.1. The number of rotatable bonds is 8. The highest BCUT2D eigenvalue weighted by Gasteiger charge is 2.44. The summed E-state index contributed by atoms with van der Waals surface area (Å²) in [4.78, 5) is 0. The standard InChI is InChI=1S/C8H22N2O3Si/c1-8(7-10-6-5-9)14(11-2,12-3)13-4/h8,10H,5-7,9H2,1-4H3. The van der Waals surface area contributed by atoms with E-state index in [-0.39, 0.29) is 5.54 Å². The van der Waals surface area contributed by atoms with Gasteiger partial charge in [-0.05, 0) is 0 Å². The molecule has 86 valence electrons. The lowest BCUT2D eigenvalue weighted by Crippen LogP contribution is -2.49. The van der Waals surface area contributed by atoms with Crippen LogP contribution < -0.4 is 11.1 Å². The molecule has 1 atom stereocenters. The van der Waals surface area contributed by atoms with E-state index in [0.29, 0.717) is 6.54 Å². The fraction of sp³-hybridized carbons (Fsp3) is 1.00. The first-order valence-electron chi connectivity index (χ1n) is 4.73. The third-order valence-corrected chi connectivity index (χ3v) is 5.35. The van der Waals surface area contributed by atoms with Gasteiger partial charge in [-0.3, -0.25) is 0 Å². The van der Waals surface area contributed by atoms with E-state index in [2.05, 4.69) is 5.32 Å². The molecule has 0 rings (SSSR count). The molecule has 0 bridgehead atoms. The van der Waals surface area contributed by atoms with Crippen LogP contribution in [-0.4, -0.2) is 49.8 Å². The first-order valence-corrected chi connectivity index (χ1v) is 6.53. The van der Waals surface area contributed by atoms with Crippen LogP contribution in [-0.2, 0) is 13.3 Å². The zero-order valence-corrected chi connectivity index (χ0v) is 10.5. The maximum absolute atomic E-state index is 5.38. The van der Waals surface area contributed by atoms with Crippen molar-refractivity contribution in [3.8, 4) is 0 Å². The fourth-order valence-corrected chi connectivity index (χ4v) is 3.50. The summed E-state index contributed by atoms with van der Waals surface area (Å²) in [6.45, 7) is 4.27. The maximum atomic E-state index is 5.38. The van der Waals surface area contributed by atoms with Crippen molar-refractivity contribution >= 4 is 8.80 Å². The third-order valence-electron chi connectivity index (χ3n) is 2.23. The number of hydrogen-bond donors (Lipinski definition) is 2. The van der Waals surface area contributed by atoms with Crippen LogP contribution in [0.25, 0.3) is 0 Å². The van der Waals surface area contributed by atoms with E-state index in [1.165, 1.54) is 0 Å². The largest absolute Gasteiger partial charge is 0.504 e. The van der Waals surface area contributed by atoms with Crippen molar-refractivity contribution in [2.75, 3.05) is 41.0 Å². The van der Waals surface area contributed by atoms with Crippen molar-refractivity contribution in [2.24, 2.45) is 5.73 Å². The Labute approximate surface area is 87.3 Å². The molecule has 0 aromatic heterocycles. The van der Waals surface area contributed by atoms with Crippen LogP contribution in [0.2, 0.25) is 5.54 Å². The van der Waals surface area contributed by atoms with Gasteiger partial charge in [0.15, 0.2) is 0 Å². The SMILES string of the molecule is CO[Si](OC)(OC)C(C)CNCCN. The first-order chi connectivity index (χ1) is 6.66. The zero-order valence-electron chi connectivity index (χ0n) is 9.50. The van der Waals surface area contributed by atoms with E-state index in [1.807, 2.05) is 6.92 Å². The van der Waals surface area contributed by atoms with Gasteiger partial charge in [-0.2, -0.15) is 0 Å². The average Bonchev–Trinajstić information content (AvgIpc) is 2.22. The molecule has 14 heavy (non-hydrogen) atoms. The smallest absolute Gasteiger partial charge is 0.377 e. The molecule has 0 heterocycles.